The van der Waals surface area contributed by atoms with Crippen LogP contribution in [-0.2, 0) is 9.59 Å². The molecule has 0 aliphatic rings. The van der Waals surface area contributed by atoms with E-state index in [0.29, 0.717) is 30.4 Å². The van der Waals surface area contributed by atoms with Gasteiger partial charge in [0.05, 0.1) is 14.1 Å². The average Bonchev–Trinajstić information content (AvgIpc) is 3.04. The Bertz CT molecular complexity index is 673. The Labute approximate surface area is 318 Å². The van der Waals surface area contributed by atoms with Gasteiger partial charge in [-0.1, -0.05) is 194 Å². The molecule has 300 valence electrons. The third-order valence-corrected chi connectivity index (χ3v) is 10.5. The van der Waals surface area contributed by atoms with E-state index >= 15 is 0 Å². The van der Waals surface area contributed by atoms with Gasteiger partial charge in [0, 0.05) is 25.7 Å². The van der Waals surface area contributed by atoms with Crippen LogP contribution in [0.1, 0.15) is 232 Å². The summed E-state index contributed by atoms with van der Waals surface area (Å²) in [6, 6.07) is 0. The Morgan fingerprint density at radius 2 is 0.600 bits per heavy atom. The number of aliphatic hydroxyl groups excluding tert-OH is 2. The molecule has 0 rings (SSSR count). The van der Waals surface area contributed by atoms with Crippen molar-refractivity contribution in [1.29, 1.82) is 0 Å². The molecule has 0 saturated heterocycles. The number of unbranched alkanes of at least 4 members (excludes halogenated alkanes) is 28. The van der Waals surface area contributed by atoms with Gasteiger partial charge < -0.3 is 27.1 Å². The Balaban J connectivity index is 0. The van der Waals surface area contributed by atoms with Crippen molar-refractivity contribution in [2.24, 2.45) is 0 Å². The minimum Gasteiger partial charge on any atom is -1.00 e. The Morgan fingerprint density at radius 1 is 0.400 bits per heavy atom. The number of rotatable bonds is 40. The van der Waals surface area contributed by atoms with Crippen molar-refractivity contribution in [2.45, 2.75) is 244 Å². The van der Waals surface area contributed by atoms with Crippen molar-refractivity contribution < 1.29 is 36.7 Å². The fraction of sp³-hybridized carbons (Fsp3) is 0.955. The van der Waals surface area contributed by atoms with Gasteiger partial charge in [0.1, 0.15) is 36.9 Å². The number of carbonyl (C=O) groups is 2. The molecule has 50 heavy (non-hydrogen) atoms. The van der Waals surface area contributed by atoms with Gasteiger partial charge in [0.15, 0.2) is 0 Å². The van der Waals surface area contributed by atoms with Gasteiger partial charge in [-0.3, -0.25) is 9.59 Å². The zero-order valence-electron chi connectivity index (χ0n) is 34.1. The van der Waals surface area contributed by atoms with Gasteiger partial charge in [0.2, 0.25) is 0 Å². The monoisotopic (exact) mass is 730 g/mol. The minimum atomic E-state index is -0.706. The summed E-state index contributed by atoms with van der Waals surface area (Å²) in [6.45, 7) is 5.37. The highest BCUT2D eigenvalue weighted by Crippen LogP contribution is 2.17. The lowest BCUT2D eigenvalue weighted by atomic mass is 10.0. The van der Waals surface area contributed by atoms with Gasteiger partial charge in [0.25, 0.3) is 0 Å². The summed E-state index contributed by atoms with van der Waals surface area (Å²) in [7, 11) is 3.93. The Kier molecular flexibility index (Phi) is 39.5. The van der Waals surface area contributed by atoms with Crippen LogP contribution in [0.3, 0.4) is 0 Å². The molecule has 5 nitrogen and oxygen atoms in total. The summed E-state index contributed by atoms with van der Waals surface area (Å²) >= 11 is 0. The van der Waals surface area contributed by atoms with Crippen LogP contribution in [0.4, 0.5) is 0 Å². The SMILES string of the molecule is CCCCCCCCCCCCCCCCCC(=O)CC(O)C[N+](C)(C)CC(O)CC(=O)CCCCCCCCCCCCCCCCC.[Cl-]. The lowest BCUT2D eigenvalue weighted by Gasteiger charge is -2.33. The second kappa shape index (κ2) is 38.2. The van der Waals surface area contributed by atoms with E-state index in [1.54, 1.807) is 0 Å². The van der Waals surface area contributed by atoms with Crippen LogP contribution < -0.4 is 12.4 Å². The first kappa shape index (κ1) is 51.6. The van der Waals surface area contributed by atoms with Gasteiger partial charge in [-0.2, -0.15) is 0 Å². The molecule has 2 unspecified atom stereocenters. The number of hydrogen-bond donors (Lipinski definition) is 2. The number of nitrogens with zero attached hydrogens (tertiary/aromatic N) is 1. The van der Waals surface area contributed by atoms with Crippen LogP contribution in [0.25, 0.3) is 0 Å². The van der Waals surface area contributed by atoms with E-state index in [4.69, 9.17) is 0 Å². The predicted molar refractivity (Wildman–Crippen MR) is 212 cm³/mol. The van der Waals surface area contributed by atoms with Gasteiger partial charge in [-0.25, -0.2) is 0 Å². The fourth-order valence-electron chi connectivity index (χ4n) is 7.46. The number of likely N-dealkylation sites (N-methyl/N-ethyl adjacent to an activating group) is 1. The van der Waals surface area contributed by atoms with Crippen LogP contribution in [-0.4, -0.2) is 65.7 Å². The predicted octanol–water partition coefficient (Wildman–Crippen LogP) is 9.23. The molecular formula is C44H88ClNO4. The van der Waals surface area contributed by atoms with E-state index < -0.39 is 12.2 Å². The number of quaternary nitrogens is 1. The van der Waals surface area contributed by atoms with E-state index in [1.165, 1.54) is 167 Å². The van der Waals surface area contributed by atoms with Gasteiger partial charge in [-0.15, -0.1) is 0 Å². The lowest BCUT2D eigenvalue weighted by Crippen LogP contribution is -3.00. The highest BCUT2D eigenvalue weighted by Gasteiger charge is 2.26. The van der Waals surface area contributed by atoms with Crippen LogP contribution in [0.5, 0.6) is 0 Å². The van der Waals surface area contributed by atoms with Crippen LogP contribution in [0.15, 0.2) is 0 Å². The second-order valence-corrected chi connectivity index (χ2v) is 16.5. The quantitative estimate of drug-likeness (QED) is 0.0487. The number of aliphatic hydroxyl groups is 2. The first-order chi connectivity index (χ1) is 23.7. The fourth-order valence-corrected chi connectivity index (χ4v) is 7.46. The number of ketones is 2. The summed E-state index contributed by atoms with van der Waals surface area (Å²) < 4.78 is 0.404. The Morgan fingerprint density at radius 3 is 0.820 bits per heavy atom. The maximum Gasteiger partial charge on any atom is 0.135 e. The molecule has 0 aliphatic heterocycles. The third kappa shape index (κ3) is 38.7. The van der Waals surface area contributed by atoms with Crippen molar-refractivity contribution >= 4 is 11.6 Å². The molecule has 0 aromatic carbocycles. The standard InChI is InChI=1S/C44H88NO4.ClH/c1-5-7-9-11-13-15-17-19-21-23-25-27-29-31-33-35-41(46)37-43(48)39-45(3,4)40-44(49)38-42(47)36-34-32-30-28-26-24-22-20-18-16-14-12-10-8-6-2;/h43-44,48-49H,5-40H2,1-4H3;1H/q+1;/p-1. The zero-order chi connectivity index (χ0) is 36.3. The highest BCUT2D eigenvalue weighted by molar-refractivity contribution is 5.79. The van der Waals surface area contributed by atoms with Crippen molar-refractivity contribution in [3.8, 4) is 0 Å². The average molecular weight is 731 g/mol. The molecular weight excluding hydrogens is 642 g/mol. The summed E-state index contributed by atoms with van der Waals surface area (Å²) in [5.41, 5.74) is 0. The minimum absolute atomic E-state index is 0. The molecule has 0 aliphatic carbocycles. The normalized spacial score (nSPS) is 12.9. The number of carbonyl (C=O) groups excluding carboxylic acids is 2. The molecule has 2 atom stereocenters. The van der Waals surface area contributed by atoms with E-state index in [2.05, 4.69) is 13.8 Å². The van der Waals surface area contributed by atoms with Crippen molar-refractivity contribution in [1.82, 2.24) is 0 Å². The molecule has 2 N–H and O–H groups in total. The summed E-state index contributed by atoms with van der Waals surface area (Å²) in [5, 5.41) is 21.2. The van der Waals surface area contributed by atoms with Crippen molar-refractivity contribution in [3.63, 3.8) is 0 Å². The number of halogens is 1. The largest absolute Gasteiger partial charge is 1.00 e. The molecule has 0 heterocycles. The van der Waals surface area contributed by atoms with Gasteiger partial charge >= 0.3 is 0 Å². The van der Waals surface area contributed by atoms with E-state index in [0.717, 1.165) is 25.7 Å². The van der Waals surface area contributed by atoms with Crippen LogP contribution in [0, 0.1) is 0 Å². The highest BCUT2D eigenvalue weighted by atomic mass is 35.5. The molecule has 6 heteroatoms. The first-order valence-corrected chi connectivity index (χ1v) is 21.9. The molecule has 0 saturated carbocycles. The van der Waals surface area contributed by atoms with Crippen molar-refractivity contribution in [3.05, 3.63) is 0 Å². The molecule has 0 amide bonds. The molecule has 0 aromatic rings. The number of Topliss-reactive ketones (excluding diaryl/α,β-unsaturated/α-hetero) is 2. The van der Waals surface area contributed by atoms with Crippen LogP contribution >= 0.6 is 0 Å². The van der Waals surface area contributed by atoms with Crippen LogP contribution in [0.2, 0.25) is 0 Å². The molecule has 0 aromatic heterocycles. The van der Waals surface area contributed by atoms with Crippen molar-refractivity contribution in [2.75, 3.05) is 27.2 Å². The molecule has 0 bridgehead atoms. The summed E-state index contributed by atoms with van der Waals surface area (Å²) in [6.07, 6.45) is 39.4. The smallest absolute Gasteiger partial charge is 0.135 e. The zero-order valence-corrected chi connectivity index (χ0v) is 34.9. The maximum absolute atomic E-state index is 12.5. The van der Waals surface area contributed by atoms with E-state index in [-0.39, 0.29) is 36.8 Å². The summed E-state index contributed by atoms with van der Waals surface area (Å²) in [4.78, 5) is 24.9. The van der Waals surface area contributed by atoms with E-state index in [9.17, 15) is 19.8 Å². The lowest BCUT2D eigenvalue weighted by molar-refractivity contribution is -0.896. The summed E-state index contributed by atoms with van der Waals surface area (Å²) in [5.74, 6) is 0.280. The number of hydrogen-bond acceptors (Lipinski definition) is 4. The van der Waals surface area contributed by atoms with Gasteiger partial charge in [-0.05, 0) is 12.8 Å². The third-order valence-electron chi connectivity index (χ3n) is 10.5. The topological polar surface area (TPSA) is 74.6 Å². The second-order valence-electron chi connectivity index (χ2n) is 16.5. The molecule has 0 spiro atoms. The first-order valence-electron chi connectivity index (χ1n) is 21.9. The Hall–Kier alpha value is -0.490. The maximum atomic E-state index is 12.5. The molecule has 0 radical (unpaired) electrons. The molecule has 0 fully saturated rings. The van der Waals surface area contributed by atoms with E-state index in [1.807, 2.05) is 14.1 Å².